The lowest BCUT2D eigenvalue weighted by atomic mass is 10.1. The lowest BCUT2D eigenvalue weighted by Gasteiger charge is -2.14. The molecule has 0 saturated heterocycles. The molecule has 1 atom stereocenters. The summed E-state index contributed by atoms with van der Waals surface area (Å²) >= 11 is 0. The number of hydrogen-bond donors (Lipinski definition) is 0. The monoisotopic (exact) mass is 260 g/mol. The molecule has 0 aliphatic rings. The summed E-state index contributed by atoms with van der Waals surface area (Å²) in [6, 6.07) is 7.27. The summed E-state index contributed by atoms with van der Waals surface area (Å²) in [4.78, 5) is 11.5. The third-order valence-electron chi connectivity index (χ3n) is 3.22. The second-order valence-electron chi connectivity index (χ2n) is 4.82. The van der Waals surface area contributed by atoms with E-state index in [2.05, 4.69) is 6.92 Å². The summed E-state index contributed by atoms with van der Waals surface area (Å²) in [6.07, 6.45) is 3.08. The molecule has 3 heteroatoms. The van der Waals surface area contributed by atoms with Crippen molar-refractivity contribution >= 4 is 11.0 Å². The summed E-state index contributed by atoms with van der Waals surface area (Å²) in [5, 5.41) is 0.984. The van der Waals surface area contributed by atoms with Crippen LogP contribution in [0.2, 0.25) is 0 Å². The Morgan fingerprint density at radius 1 is 1.26 bits per heavy atom. The van der Waals surface area contributed by atoms with E-state index in [1.54, 1.807) is 6.07 Å². The van der Waals surface area contributed by atoms with Crippen LogP contribution in [0.1, 0.15) is 39.2 Å². The van der Waals surface area contributed by atoms with E-state index < -0.39 is 0 Å². The van der Waals surface area contributed by atoms with Crippen LogP contribution in [-0.2, 0) is 6.42 Å². The molecule has 0 N–H and O–H groups in total. The number of ether oxygens (including phenoxy) is 1. The van der Waals surface area contributed by atoms with Crippen LogP contribution in [0.3, 0.4) is 0 Å². The Morgan fingerprint density at radius 2 is 2.05 bits per heavy atom. The number of aryl methyl sites for hydroxylation is 1. The van der Waals surface area contributed by atoms with Crippen LogP contribution in [-0.4, -0.2) is 6.10 Å². The molecule has 2 rings (SSSR count). The van der Waals surface area contributed by atoms with E-state index in [0.29, 0.717) is 5.58 Å². The van der Waals surface area contributed by atoms with Gasteiger partial charge in [-0.3, -0.25) is 0 Å². The zero-order valence-corrected chi connectivity index (χ0v) is 11.7. The lowest BCUT2D eigenvalue weighted by Crippen LogP contribution is -2.11. The van der Waals surface area contributed by atoms with E-state index in [1.807, 2.05) is 32.0 Å². The molecule has 1 heterocycles. The summed E-state index contributed by atoms with van der Waals surface area (Å²) in [6.45, 7) is 6.21. The van der Waals surface area contributed by atoms with Crippen molar-refractivity contribution in [2.45, 2.75) is 46.1 Å². The zero-order valence-electron chi connectivity index (χ0n) is 11.7. The average Bonchev–Trinajstić information content (AvgIpc) is 2.37. The van der Waals surface area contributed by atoms with Gasteiger partial charge in [0.05, 0.1) is 6.10 Å². The van der Waals surface area contributed by atoms with Gasteiger partial charge in [0, 0.05) is 17.5 Å². The van der Waals surface area contributed by atoms with Crippen LogP contribution in [0.15, 0.2) is 33.5 Å². The minimum atomic E-state index is -0.303. The summed E-state index contributed by atoms with van der Waals surface area (Å²) in [7, 11) is 0. The summed E-state index contributed by atoms with van der Waals surface area (Å²) in [5.74, 6) is 0.754. The second-order valence-corrected chi connectivity index (χ2v) is 4.82. The molecule has 0 saturated carbocycles. The Bertz CT molecular complexity index is 613. The van der Waals surface area contributed by atoms with Gasteiger partial charge >= 0.3 is 5.63 Å². The summed E-state index contributed by atoms with van der Waals surface area (Å²) < 4.78 is 11.1. The van der Waals surface area contributed by atoms with E-state index in [0.717, 1.165) is 36.0 Å². The molecule has 102 valence electrons. The molecule has 0 spiro atoms. The zero-order chi connectivity index (χ0) is 13.8. The molecule has 1 aromatic carbocycles. The second kappa shape index (κ2) is 5.91. The van der Waals surface area contributed by atoms with Crippen molar-refractivity contribution in [2.75, 3.05) is 0 Å². The highest BCUT2D eigenvalue weighted by Crippen LogP contribution is 2.24. The minimum absolute atomic E-state index is 0.170. The molecule has 0 aliphatic carbocycles. The predicted molar refractivity (Wildman–Crippen MR) is 76.9 cm³/mol. The third-order valence-corrected chi connectivity index (χ3v) is 3.22. The van der Waals surface area contributed by atoms with Gasteiger partial charge in [-0.25, -0.2) is 4.79 Å². The maximum atomic E-state index is 11.5. The van der Waals surface area contributed by atoms with Gasteiger partial charge < -0.3 is 9.15 Å². The predicted octanol–water partition coefficient (Wildman–Crippen LogP) is 3.92. The first-order chi connectivity index (χ1) is 9.13. The molecule has 0 bridgehead atoms. The van der Waals surface area contributed by atoms with Crippen molar-refractivity contribution in [1.82, 2.24) is 0 Å². The lowest BCUT2D eigenvalue weighted by molar-refractivity contribution is 0.210. The smallest absolute Gasteiger partial charge is 0.336 e. The van der Waals surface area contributed by atoms with Crippen LogP contribution < -0.4 is 10.4 Å². The SMILES string of the molecule is CCCC(C)Oc1ccc2c(CC)cc(=O)oc2c1. The largest absolute Gasteiger partial charge is 0.491 e. The van der Waals surface area contributed by atoms with Crippen molar-refractivity contribution in [3.63, 3.8) is 0 Å². The van der Waals surface area contributed by atoms with E-state index in [1.165, 1.54) is 0 Å². The molecule has 1 unspecified atom stereocenters. The maximum absolute atomic E-state index is 11.5. The first kappa shape index (κ1) is 13.7. The maximum Gasteiger partial charge on any atom is 0.336 e. The Balaban J connectivity index is 2.37. The third kappa shape index (κ3) is 3.16. The molecule has 0 amide bonds. The van der Waals surface area contributed by atoms with Crippen molar-refractivity contribution in [3.8, 4) is 5.75 Å². The highest BCUT2D eigenvalue weighted by molar-refractivity contribution is 5.81. The topological polar surface area (TPSA) is 39.4 Å². The fourth-order valence-electron chi connectivity index (χ4n) is 2.27. The van der Waals surface area contributed by atoms with E-state index in [9.17, 15) is 4.79 Å². The summed E-state index contributed by atoms with van der Waals surface area (Å²) in [5.41, 5.74) is 1.31. The van der Waals surface area contributed by atoms with Crippen LogP contribution in [0.25, 0.3) is 11.0 Å². The van der Waals surface area contributed by atoms with Gasteiger partial charge in [-0.05, 0) is 37.5 Å². The van der Waals surface area contributed by atoms with Gasteiger partial charge in [0.15, 0.2) is 0 Å². The van der Waals surface area contributed by atoms with E-state index in [4.69, 9.17) is 9.15 Å². The quantitative estimate of drug-likeness (QED) is 0.765. The van der Waals surface area contributed by atoms with Gasteiger partial charge in [-0.1, -0.05) is 20.3 Å². The van der Waals surface area contributed by atoms with Crippen LogP contribution in [0.5, 0.6) is 5.75 Å². The van der Waals surface area contributed by atoms with Crippen molar-refractivity contribution < 1.29 is 9.15 Å². The standard InChI is InChI=1S/C16H20O3/c1-4-6-11(3)18-13-7-8-14-12(5-2)9-16(17)19-15(14)10-13/h7-11H,4-6H2,1-3H3. The molecule has 19 heavy (non-hydrogen) atoms. The Kier molecular flexibility index (Phi) is 4.25. The number of hydrogen-bond acceptors (Lipinski definition) is 3. The van der Waals surface area contributed by atoms with E-state index in [-0.39, 0.29) is 11.7 Å². The van der Waals surface area contributed by atoms with Gasteiger partial charge in [0.1, 0.15) is 11.3 Å². The first-order valence-electron chi connectivity index (χ1n) is 6.87. The van der Waals surface area contributed by atoms with Gasteiger partial charge in [-0.15, -0.1) is 0 Å². The molecule has 0 aliphatic heterocycles. The number of fused-ring (bicyclic) bond motifs is 1. The molecular weight excluding hydrogens is 240 g/mol. The average molecular weight is 260 g/mol. The Labute approximate surface area is 113 Å². The molecule has 0 fully saturated rings. The first-order valence-corrected chi connectivity index (χ1v) is 6.87. The van der Waals surface area contributed by atoms with Crippen molar-refractivity contribution in [3.05, 3.63) is 40.2 Å². The molecule has 0 radical (unpaired) electrons. The van der Waals surface area contributed by atoms with Crippen LogP contribution in [0, 0.1) is 0 Å². The number of benzene rings is 1. The molecular formula is C16H20O3. The van der Waals surface area contributed by atoms with Crippen molar-refractivity contribution in [1.29, 1.82) is 0 Å². The van der Waals surface area contributed by atoms with Crippen molar-refractivity contribution in [2.24, 2.45) is 0 Å². The van der Waals surface area contributed by atoms with Gasteiger partial charge in [0.2, 0.25) is 0 Å². The normalized spacial score (nSPS) is 12.6. The minimum Gasteiger partial charge on any atom is -0.491 e. The highest BCUT2D eigenvalue weighted by atomic mass is 16.5. The van der Waals surface area contributed by atoms with Gasteiger partial charge in [-0.2, -0.15) is 0 Å². The fraction of sp³-hybridized carbons (Fsp3) is 0.438. The molecule has 1 aromatic heterocycles. The molecule has 2 aromatic rings. The molecule has 3 nitrogen and oxygen atoms in total. The highest BCUT2D eigenvalue weighted by Gasteiger charge is 2.08. The number of rotatable bonds is 5. The Hall–Kier alpha value is -1.77. The van der Waals surface area contributed by atoms with Gasteiger partial charge in [0.25, 0.3) is 0 Å². The fourth-order valence-corrected chi connectivity index (χ4v) is 2.27. The Morgan fingerprint density at radius 3 is 2.74 bits per heavy atom. The van der Waals surface area contributed by atoms with Crippen LogP contribution in [0.4, 0.5) is 0 Å². The van der Waals surface area contributed by atoms with E-state index >= 15 is 0 Å². The van der Waals surface area contributed by atoms with Crippen LogP contribution >= 0.6 is 0 Å².